The molecule has 94 valence electrons. The fourth-order valence-corrected chi connectivity index (χ4v) is 2.32. The van der Waals surface area contributed by atoms with Crippen LogP contribution < -0.4 is 4.90 Å². The summed E-state index contributed by atoms with van der Waals surface area (Å²) in [6.45, 7) is 5.61. The van der Waals surface area contributed by atoms with Crippen molar-refractivity contribution in [2.75, 3.05) is 4.90 Å². The molecule has 2 aliphatic heterocycles. The van der Waals surface area contributed by atoms with Crippen molar-refractivity contribution in [3.8, 4) is 0 Å². The van der Waals surface area contributed by atoms with Crippen LogP contribution >= 0.6 is 0 Å². The summed E-state index contributed by atoms with van der Waals surface area (Å²) in [6.07, 6.45) is 4.40. The Hall–Kier alpha value is -1.84. The lowest BCUT2D eigenvalue weighted by atomic mass is 9.82. The van der Waals surface area contributed by atoms with Gasteiger partial charge in [0.2, 0.25) is 0 Å². The van der Waals surface area contributed by atoms with Gasteiger partial charge >= 0.3 is 6.09 Å². The maximum absolute atomic E-state index is 12.2. The van der Waals surface area contributed by atoms with Crippen molar-refractivity contribution in [1.82, 2.24) is 4.98 Å². The third kappa shape index (κ3) is 1.68. The van der Waals surface area contributed by atoms with Crippen LogP contribution in [-0.4, -0.2) is 22.7 Å². The monoisotopic (exact) mass is 244 g/mol. The van der Waals surface area contributed by atoms with Crippen LogP contribution in [0, 0.1) is 0 Å². The molecule has 3 aliphatic rings. The van der Waals surface area contributed by atoms with Crippen LogP contribution in [-0.2, 0) is 4.74 Å². The van der Waals surface area contributed by atoms with Crippen LogP contribution in [0.25, 0.3) is 5.57 Å². The quantitative estimate of drug-likeness (QED) is 0.704. The third-order valence-corrected chi connectivity index (χ3v) is 3.11. The lowest BCUT2D eigenvalue weighted by Gasteiger charge is -2.42. The van der Waals surface area contributed by atoms with Gasteiger partial charge in [0.1, 0.15) is 11.4 Å². The number of rotatable bonds is 0. The molecule has 0 spiro atoms. The summed E-state index contributed by atoms with van der Waals surface area (Å²) in [5.74, 6) is 0.723. The van der Waals surface area contributed by atoms with E-state index in [1.165, 1.54) is 5.57 Å². The SMILES string of the molecule is CC(C)(C)OC(=O)N1c2ncccc2C2=CC1C2. The van der Waals surface area contributed by atoms with E-state index in [2.05, 4.69) is 11.1 Å². The number of anilines is 1. The topological polar surface area (TPSA) is 42.4 Å². The summed E-state index contributed by atoms with van der Waals surface area (Å²) in [4.78, 5) is 18.2. The molecule has 4 nitrogen and oxygen atoms in total. The number of hydrogen-bond acceptors (Lipinski definition) is 3. The molecule has 1 aromatic rings. The molecular formula is C14H16N2O2. The molecule has 4 heteroatoms. The number of carbonyl (C=O) groups excluding carboxylic acids is 1. The van der Waals surface area contributed by atoms with Gasteiger partial charge in [0, 0.05) is 11.8 Å². The first-order valence-corrected chi connectivity index (χ1v) is 6.14. The van der Waals surface area contributed by atoms with Crippen LogP contribution in [0.4, 0.5) is 10.6 Å². The fourth-order valence-electron chi connectivity index (χ4n) is 2.32. The molecule has 0 saturated carbocycles. The van der Waals surface area contributed by atoms with E-state index >= 15 is 0 Å². The molecule has 4 rings (SSSR count). The van der Waals surface area contributed by atoms with Gasteiger partial charge in [-0.2, -0.15) is 0 Å². The van der Waals surface area contributed by atoms with Gasteiger partial charge in [-0.25, -0.2) is 9.78 Å². The van der Waals surface area contributed by atoms with Crippen molar-refractivity contribution in [1.29, 1.82) is 0 Å². The highest BCUT2D eigenvalue weighted by molar-refractivity contribution is 5.98. The second-order valence-corrected chi connectivity index (χ2v) is 5.69. The lowest BCUT2D eigenvalue weighted by Crippen LogP contribution is -2.49. The highest BCUT2D eigenvalue weighted by atomic mass is 16.6. The van der Waals surface area contributed by atoms with Crippen molar-refractivity contribution in [3.63, 3.8) is 0 Å². The van der Waals surface area contributed by atoms with E-state index in [9.17, 15) is 4.79 Å². The molecule has 0 N–H and O–H groups in total. The van der Waals surface area contributed by atoms with Crippen LogP contribution in [0.1, 0.15) is 32.8 Å². The summed E-state index contributed by atoms with van der Waals surface area (Å²) < 4.78 is 5.45. The van der Waals surface area contributed by atoms with Gasteiger partial charge in [0.05, 0.1) is 6.04 Å². The number of hydrogen-bond donors (Lipinski definition) is 0. The summed E-state index contributed by atoms with van der Waals surface area (Å²) in [5.41, 5.74) is 1.84. The summed E-state index contributed by atoms with van der Waals surface area (Å²) in [7, 11) is 0. The molecule has 1 unspecified atom stereocenters. The second kappa shape index (κ2) is 3.57. The minimum atomic E-state index is -0.486. The smallest absolute Gasteiger partial charge is 0.416 e. The third-order valence-electron chi connectivity index (χ3n) is 3.11. The Labute approximate surface area is 106 Å². The molecule has 0 saturated heterocycles. The summed E-state index contributed by atoms with van der Waals surface area (Å²) >= 11 is 0. The van der Waals surface area contributed by atoms with Crippen molar-refractivity contribution < 1.29 is 9.53 Å². The number of amides is 1. The van der Waals surface area contributed by atoms with Crippen molar-refractivity contribution in [3.05, 3.63) is 30.0 Å². The van der Waals surface area contributed by atoms with Crippen LogP contribution in [0.2, 0.25) is 0 Å². The van der Waals surface area contributed by atoms with E-state index in [4.69, 9.17) is 4.74 Å². The molecule has 0 radical (unpaired) electrons. The van der Waals surface area contributed by atoms with Crippen molar-refractivity contribution in [2.45, 2.75) is 38.8 Å². The van der Waals surface area contributed by atoms with Crippen LogP contribution in [0.3, 0.4) is 0 Å². The molecule has 1 atom stereocenters. The van der Waals surface area contributed by atoms with Crippen molar-refractivity contribution in [2.24, 2.45) is 0 Å². The Morgan fingerprint density at radius 3 is 2.89 bits per heavy atom. The maximum Gasteiger partial charge on any atom is 0.416 e. The first-order chi connectivity index (χ1) is 8.46. The predicted molar refractivity (Wildman–Crippen MR) is 69.3 cm³/mol. The Morgan fingerprint density at radius 1 is 1.50 bits per heavy atom. The first kappa shape index (κ1) is 11.3. The van der Waals surface area contributed by atoms with Gasteiger partial charge in [0.25, 0.3) is 0 Å². The average molecular weight is 244 g/mol. The average Bonchev–Trinajstić information content (AvgIpc) is 2.23. The molecular weight excluding hydrogens is 228 g/mol. The van der Waals surface area contributed by atoms with Gasteiger partial charge in [-0.05, 0) is 44.9 Å². The van der Waals surface area contributed by atoms with Crippen LogP contribution in [0.15, 0.2) is 24.4 Å². The molecule has 1 amide bonds. The highest BCUT2D eigenvalue weighted by Gasteiger charge is 2.40. The molecule has 2 bridgehead atoms. The van der Waals surface area contributed by atoms with Gasteiger partial charge in [-0.3, -0.25) is 4.90 Å². The Bertz CT molecular complexity index is 543. The first-order valence-electron chi connectivity index (χ1n) is 6.14. The summed E-state index contributed by atoms with van der Waals surface area (Å²) in [5, 5.41) is 0. The van der Waals surface area contributed by atoms with Gasteiger partial charge in [-0.15, -0.1) is 0 Å². The van der Waals surface area contributed by atoms with E-state index < -0.39 is 5.60 Å². The Balaban J connectivity index is 1.94. The predicted octanol–water partition coefficient (Wildman–Crippen LogP) is 2.99. The zero-order valence-corrected chi connectivity index (χ0v) is 10.8. The molecule has 0 fully saturated rings. The molecule has 3 heterocycles. The maximum atomic E-state index is 12.2. The van der Waals surface area contributed by atoms with E-state index in [1.54, 1.807) is 11.1 Å². The number of carbonyl (C=O) groups is 1. The van der Waals surface area contributed by atoms with E-state index in [-0.39, 0.29) is 12.1 Å². The lowest BCUT2D eigenvalue weighted by molar-refractivity contribution is 0.0567. The zero-order chi connectivity index (χ0) is 12.9. The highest BCUT2D eigenvalue weighted by Crippen LogP contribution is 2.44. The van der Waals surface area contributed by atoms with E-state index in [0.29, 0.717) is 0 Å². The number of pyridine rings is 1. The largest absolute Gasteiger partial charge is 0.443 e. The number of ether oxygens (including phenoxy) is 1. The molecule has 1 aromatic heterocycles. The number of aromatic nitrogens is 1. The summed E-state index contributed by atoms with van der Waals surface area (Å²) in [6, 6.07) is 4.00. The van der Waals surface area contributed by atoms with E-state index in [0.717, 1.165) is 17.8 Å². The van der Waals surface area contributed by atoms with Gasteiger partial charge in [-0.1, -0.05) is 6.08 Å². The minimum Gasteiger partial charge on any atom is -0.443 e. The normalized spacial score (nSPS) is 20.7. The number of nitrogens with zero attached hydrogens (tertiary/aromatic N) is 2. The molecule has 0 aromatic carbocycles. The van der Waals surface area contributed by atoms with Gasteiger partial charge < -0.3 is 4.74 Å². The minimum absolute atomic E-state index is 0.109. The fraction of sp³-hybridized carbons (Fsp3) is 0.429. The zero-order valence-electron chi connectivity index (χ0n) is 10.8. The molecule has 18 heavy (non-hydrogen) atoms. The Kier molecular flexibility index (Phi) is 2.24. The van der Waals surface area contributed by atoms with E-state index in [1.807, 2.05) is 32.9 Å². The molecule has 1 aliphatic carbocycles. The standard InChI is InChI=1S/C14H16N2O2/c1-14(2,3)18-13(17)16-10-7-9(8-10)11-5-4-6-15-12(11)16/h4-7,10H,8H2,1-3H3. The Morgan fingerprint density at radius 2 is 2.22 bits per heavy atom. The van der Waals surface area contributed by atoms with Gasteiger partial charge in [0.15, 0.2) is 0 Å². The van der Waals surface area contributed by atoms with Crippen molar-refractivity contribution >= 4 is 17.5 Å². The van der Waals surface area contributed by atoms with Crippen LogP contribution in [0.5, 0.6) is 0 Å². The second-order valence-electron chi connectivity index (χ2n) is 5.69.